The third-order valence-corrected chi connectivity index (χ3v) is 2.54. The van der Waals surface area contributed by atoms with Crippen LogP contribution in [0.1, 0.15) is 26.7 Å². The van der Waals surface area contributed by atoms with Gasteiger partial charge in [-0.15, -0.1) is 0 Å². The quantitative estimate of drug-likeness (QED) is 0.591. The van der Waals surface area contributed by atoms with Crippen LogP contribution in [0.4, 0.5) is 0 Å². The average molecular weight is 186 g/mol. The second kappa shape index (κ2) is 3.64. The van der Waals surface area contributed by atoms with Gasteiger partial charge in [0, 0.05) is 13.1 Å². The van der Waals surface area contributed by atoms with E-state index in [1.807, 2.05) is 0 Å². The molecule has 0 aliphatic carbocycles. The number of amides is 1. The molecular formula is C9H18N2O2. The van der Waals surface area contributed by atoms with E-state index in [1.54, 1.807) is 18.7 Å². The van der Waals surface area contributed by atoms with Gasteiger partial charge in [-0.1, -0.05) is 0 Å². The molecule has 13 heavy (non-hydrogen) atoms. The molecule has 76 valence electrons. The van der Waals surface area contributed by atoms with Crippen molar-refractivity contribution in [1.29, 1.82) is 0 Å². The number of aliphatic hydroxyl groups is 1. The van der Waals surface area contributed by atoms with Crippen molar-refractivity contribution in [3.8, 4) is 0 Å². The van der Waals surface area contributed by atoms with Crippen LogP contribution in [0, 0.1) is 0 Å². The van der Waals surface area contributed by atoms with E-state index in [1.165, 1.54) is 0 Å². The first kappa shape index (κ1) is 10.5. The summed E-state index contributed by atoms with van der Waals surface area (Å²) in [5.41, 5.74) is 4.88. The minimum atomic E-state index is -0.603. The van der Waals surface area contributed by atoms with E-state index in [0.29, 0.717) is 25.9 Å². The lowest BCUT2D eigenvalue weighted by molar-refractivity contribution is -0.135. The van der Waals surface area contributed by atoms with Crippen molar-refractivity contribution < 1.29 is 9.90 Å². The van der Waals surface area contributed by atoms with Gasteiger partial charge in [-0.2, -0.15) is 0 Å². The Balaban J connectivity index is 2.46. The second-order valence-electron chi connectivity index (χ2n) is 4.11. The average Bonchev–Trinajstić information content (AvgIpc) is 2.03. The molecule has 1 aliphatic heterocycles. The van der Waals surface area contributed by atoms with Crippen LogP contribution in [-0.4, -0.2) is 40.6 Å². The molecule has 0 aromatic rings. The Morgan fingerprint density at radius 1 is 1.54 bits per heavy atom. The Labute approximate surface area is 78.7 Å². The highest BCUT2D eigenvalue weighted by atomic mass is 16.3. The van der Waals surface area contributed by atoms with E-state index >= 15 is 0 Å². The number of likely N-dealkylation sites (tertiary alicyclic amines) is 1. The number of nitrogens with zero attached hydrogens (tertiary/aromatic N) is 1. The van der Waals surface area contributed by atoms with Crippen molar-refractivity contribution in [2.75, 3.05) is 13.1 Å². The van der Waals surface area contributed by atoms with Gasteiger partial charge in [0.15, 0.2) is 0 Å². The van der Waals surface area contributed by atoms with E-state index < -0.39 is 11.6 Å². The Bertz CT molecular complexity index is 192. The number of hydrogen-bond acceptors (Lipinski definition) is 3. The first-order chi connectivity index (χ1) is 5.92. The van der Waals surface area contributed by atoms with Gasteiger partial charge in [0.05, 0.1) is 11.6 Å². The zero-order valence-electron chi connectivity index (χ0n) is 8.29. The summed E-state index contributed by atoms with van der Waals surface area (Å²) < 4.78 is 0. The van der Waals surface area contributed by atoms with Gasteiger partial charge in [-0.05, 0) is 26.7 Å². The number of hydrogen-bond donors (Lipinski definition) is 2. The minimum Gasteiger partial charge on any atom is -0.390 e. The third-order valence-electron chi connectivity index (χ3n) is 2.54. The van der Waals surface area contributed by atoms with Gasteiger partial charge in [0.1, 0.15) is 0 Å². The number of carbonyl (C=O) groups excluding carboxylic acids is 1. The van der Waals surface area contributed by atoms with Gasteiger partial charge >= 0.3 is 0 Å². The van der Waals surface area contributed by atoms with Crippen LogP contribution >= 0.6 is 0 Å². The maximum absolute atomic E-state index is 11.4. The highest BCUT2D eigenvalue weighted by Gasteiger charge is 2.30. The Morgan fingerprint density at radius 3 is 2.38 bits per heavy atom. The predicted octanol–water partition coefficient (Wildman–Crippen LogP) is -0.293. The van der Waals surface area contributed by atoms with E-state index in [9.17, 15) is 9.90 Å². The summed E-state index contributed by atoms with van der Waals surface area (Å²) in [6.45, 7) is 4.73. The van der Waals surface area contributed by atoms with E-state index in [-0.39, 0.29) is 5.91 Å². The van der Waals surface area contributed by atoms with Crippen molar-refractivity contribution in [3.05, 3.63) is 0 Å². The van der Waals surface area contributed by atoms with E-state index in [4.69, 9.17) is 5.73 Å². The lowest BCUT2D eigenvalue weighted by Crippen LogP contribution is -2.49. The van der Waals surface area contributed by atoms with Crippen LogP contribution in [0.25, 0.3) is 0 Å². The van der Waals surface area contributed by atoms with Crippen molar-refractivity contribution in [1.82, 2.24) is 4.90 Å². The van der Waals surface area contributed by atoms with E-state index in [0.717, 1.165) is 0 Å². The molecule has 0 spiro atoms. The third kappa shape index (κ3) is 2.67. The molecule has 4 heteroatoms. The Morgan fingerprint density at radius 2 is 2.00 bits per heavy atom. The summed E-state index contributed by atoms with van der Waals surface area (Å²) in [6, 6.07) is -0.428. The summed E-state index contributed by atoms with van der Waals surface area (Å²) in [7, 11) is 0. The topological polar surface area (TPSA) is 66.6 Å². The van der Waals surface area contributed by atoms with Gasteiger partial charge in [-0.25, -0.2) is 0 Å². The molecule has 0 unspecified atom stereocenters. The van der Waals surface area contributed by atoms with Gasteiger partial charge in [0.25, 0.3) is 0 Å². The number of rotatable bonds is 1. The van der Waals surface area contributed by atoms with Gasteiger partial charge < -0.3 is 15.7 Å². The summed E-state index contributed by atoms with van der Waals surface area (Å²) >= 11 is 0. The highest BCUT2D eigenvalue weighted by Crippen LogP contribution is 2.21. The Kier molecular flexibility index (Phi) is 2.93. The van der Waals surface area contributed by atoms with Crippen molar-refractivity contribution in [2.45, 2.75) is 38.3 Å². The largest absolute Gasteiger partial charge is 0.390 e. The van der Waals surface area contributed by atoms with Crippen LogP contribution in [0.3, 0.4) is 0 Å². The molecule has 1 heterocycles. The standard InChI is InChI=1S/C9H18N2O2/c1-7(10)8(12)11-5-3-9(2,13)4-6-11/h7,13H,3-6,10H2,1-2H3/t7-/m1/s1. The fraction of sp³-hybridized carbons (Fsp3) is 0.889. The molecule has 1 aliphatic rings. The molecule has 0 radical (unpaired) electrons. The summed E-state index contributed by atoms with van der Waals surface area (Å²) in [5.74, 6) is -0.0181. The first-order valence-corrected chi connectivity index (χ1v) is 4.69. The molecule has 4 nitrogen and oxygen atoms in total. The lowest BCUT2D eigenvalue weighted by Gasteiger charge is -2.36. The van der Waals surface area contributed by atoms with Crippen LogP contribution in [-0.2, 0) is 4.79 Å². The molecule has 0 saturated carbocycles. The molecule has 0 aromatic heterocycles. The molecular weight excluding hydrogens is 168 g/mol. The first-order valence-electron chi connectivity index (χ1n) is 4.69. The highest BCUT2D eigenvalue weighted by molar-refractivity contribution is 5.81. The van der Waals surface area contributed by atoms with Gasteiger partial charge in [0.2, 0.25) is 5.91 Å². The molecule has 0 bridgehead atoms. The smallest absolute Gasteiger partial charge is 0.239 e. The zero-order valence-corrected chi connectivity index (χ0v) is 8.29. The Hall–Kier alpha value is -0.610. The fourth-order valence-corrected chi connectivity index (χ4v) is 1.50. The monoisotopic (exact) mass is 186 g/mol. The van der Waals surface area contributed by atoms with Crippen LogP contribution in [0.2, 0.25) is 0 Å². The second-order valence-corrected chi connectivity index (χ2v) is 4.11. The molecule has 1 fully saturated rings. The van der Waals surface area contributed by atoms with Crippen molar-refractivity contribution in [2.24, 2.45) is 5.73 Å². The predicted molar refractivity (Wildman–Crippen MR) is 50.1 cm³/mol. The normalized spacial score (nSPS) is 24.2. The SMILES string of the molecule is C[C@@H](N)C(=O)N1CCC(C)(O)CC1. The molecule has 1 rings (SSSR count). The minimum absolute atomic E-state index is 0.0181. The maximum atomic E-state index is 11.4. The summed E-state index contributed by atoms with van der Waals surface area (Å²) in [4.78, 5) is 13.2. The van der Waals surface area contributed by atoms with Crippen LogP contribution in [0.15, 0.2) is 0 Å². The lowest BCUT2D eigenvalue weighted by atomic mass is 9.93. The van der Waals surface area contributed by atoms with E-state index in [2.05, 4.69) is 0 Å². The summed E-state index contributed by atoms with van der Waals surface area (Å²) in [6.07, 6.45) is 1.29. The molecule has 1 saturated heterocycles. The zero-order chi connectivity index (χ0) is 10.1. The maximum Gasteiger partial charge on any atom is 0.239 e. The van der Waals surface area contributed by atoms with Crippen molar-refractivity contribution in [3.63, 3.8) is 0 Å². The van der Waals surface area contributed by atoms with Crippen LogP contribution < -0.4 is 5.73 Å². The number of carbonyl (C=O) groups is 1. The van der Waals surface area contributed by atoms with Crippen LogP contribution in [0.5, 0.6) is 0 Å². The van der Waals surface area contributed by atoms with Gasteiger partial charge in [-0.3, -0.25) is 4.79 Å². The number of piperidine rings is 1. The molecule has 0 aromatic carbocycles. The summed E-state index contributed by atoms with van der Waals surface area (Å²) in [5, 5.41) is 9.64. The fourth-order valence-electron chi connectivity index (χ4n) is 1.50. The number of nitrogens with two attached hydrogens (primary N) is 1. The molecule has 1 amide bonds. The van der Waals surface area contributed by atoms with Crippen molar-refractivity contribution >= 4 is 5.91 Å². The molecule has 1 atom stereocenters. The molecule has 3 N–H and O–H groups in total.